The van der Waals surface area contributed by atoms with Gasteiger partial charge in [0.05, 0.1) is 28.2 Å². The number of aromatic nitrogens is 1. The Morgan fingerprint density at radius 3 is 2.56 bits per heavy atom. The fraction of sp³-hybridized carbons (Fsp3) is 0.0769. The molecule has 2 nitrogen and oxygen atoms in total. The van der Waals surface area contributed by atoms with Crippen molar-refractivity contribution in [1.82, 2.24) is 4.98 Å². The second-order valence-electron chi connectivity index (χ2n) is 3.63. The van der Waals surface area contributed by atoms with E-state index < -0.39 is 0 Å². The van der Waals surface area contributed by atoms with Crippen LogP contribution in [-0.4, -0.2) is 4.98 Å². The highest BCUT2D eigenvalue weighted by Gasteiger charge is 2.10. The zero-order valence-corrected chi connectivity index (χ0v) is 11.4. The van der Waals surface area contributed by atoms with Crippen molar-refractivity contribution in [3.05, 3.63) is 51.1 Å². The molecule has 2 rings (SSSR count). The van der Waals surface area contributed by atoms with Gasteiger partial charge in [-0.3, -0.25) is 4.98 Å². The topological polar surface area (TPSA) is 36.7 Å². The first-order valence-corrected chi connectivity index (χ1v) is 6.22. The van der Waals surface area contributed by atoms with Crippen molar-refractivity contribution >= 4 is 34.8 Å². The molecule has 0 aliphatic carbocycles. The summed E-state index contributed by atoms with van der Waals surface area (Å²) in [5.41, 5.74) is 2.01. The van der Waals surface area contributed by atoms with E-state index in [9.17, 15) is 0 Å². The van der Waals surface area contributed by atoms with Crippen molar-refractivity contribution in [2.75, 3.05) is 0 Å². The summed E-state index contributed by atoms with van der Waals surface area (Å²) in [6, 6.07) is 8.86. The second kappa shape index (κ2) is 5.58. The highest BCUT2D eigenvalue weighted by atomic mass is 35.5. The van der Waals surface area contributed by atoms with Crippen LogP contribution in [0.25, 0.3) is 11.3 Å². The number of nitrogens with zero attached hydrogens (tertiary/aromatic N) is 2. The monoisotopic (exact) mass is 296 g/mol. The molecule has 0 aliphatic heterocycles. The van der Waals surface area contributed by atoms with Crippen molar-refractivity contribution in [3.63, 3.8) is 0 Å². The lowest BCUT2D eigenvalue weighted by molar-refractivity contribution is 1.19. The first-order valence-electron chi connectivity index (χ1n) is 5.08. The van der Waals surface area contributed by atoms with Crippen molar-refractivity contribution in [2.24, 2.45) is 0 Å². The molecule has 0 spiro atoms. The van der Waals surface area contributed by atoms with Crippen molar-refractivity contribution in [1.29, 1.82) is 5.26 Å². The summed E-state index contributed by atoms with van der Waals surface area (Å²) in [4.78, 5) is 4.24. The normalized spacial score (nSPS) is 10.1. The molecule has 90 valence electrons. The summed E-state index contributed by atoms with van der Waals surface area (Å²) in [6.45, 7) is 0. The van der Waals surface area contributed by atoms with Gasteiger partial charge in [-0.15, -0.1) is 0 Å². The summed E-state index contributed by atoms with van der Waals surface area (Å²) in [5.74, 6) is 0. The fourth-order valence-electron chi connectivity index (χ4n) is 1.54. The molecule has 0 saturated heterocycles. The van der Waals surface area contributed by atoms with Crippen LogP contribution in [0.5, 0.6) is 0 Å². The van der Waals surface area contributed by atoms with Crippen molar-refractivity contribution < 1.29 is 0 Å². The fourth-order valence-corrected chi connectivity index (χ4v) is 2.21. The molecule has 1 aromatic heterocycles. The van der Waals surface area contributed by atoms with Crippen LogP contribution in [0.2, 0.25) is 15.1 Å². The average molecular weight is 298 g/mol. The number of hydrogen-bond donors (Lipinski definition) is 0. The number of halogens is 3. The van der Waals surface area contributed by atoms with Gasteiger partial charge in [0, 0.05) is 16.8 Å². The van der Waals surface area contributed by atoms with Crippen molar-refractivity contribution in [3.8, 4) is 17.3 Å². The van der Waals surface area contributed by atoms with Gasteiger partial charge in [-0.25, -0.2) is 0 Å². The summed E-state index contributed by atoms with van der Waals surface area (Å²) in [6.07, 6.45) is 1.89. The number of nitriles is 1. The molecule has 0 atom stereocenters. The molecular weight excluding hydrogens is 291 g/mol. The molecule has 0 N–H and O–H groups in total. The van der Waals surface area contributed by atoms with Gasteiger partial charge in [0.15, 0.2) is 0 Å². The Morgan fingerprint density at radius 1 is 1.11 bits per heavy atom. The summed E-state index contributed by atoms with van der Waals surface area (Å²) < 4.78 is 0. The van der Waals surface area contributed by atoms with Gasteiger partial charge in [-0.2, -0.15) is 5.26 Å². The Balaban J connectivity index is 2.51. The van der Waals surface area contributed by atoms with Gasteiger partial charge in [-0.1, -0.05) is 34.8 Å². The lowest BCUT2D eigenvalue weighted by Gasteiger charge is -2.07. The Bertz CT molecular complexity index is 633. The van der Waals surface area contributed by atoms with Gasteiger partial charge in [0.25, 0.3) is 0 Å². The van der Waals surface area contributed by atoms with Crippen LogP contribution in [0.1, 0.15) is 5.56 Å². The van der Waals surface area contributed by atoms with Crippen molar-refractivity contribution in [2.45, 2.75) is 6.42 Å². The molecule has 0 aliphatic rings. The smallest absolute Gasteiger partial charge is 0.0903 e. The third-order valence-electron chi connectivity index (χ3n) is 2.36. The minimum atomic E-state index is 0.274. The van der Waals surface area contributed by atoms with E-state index in [-0.39, 0.29) is 6.42 Å². The SMILES string of the molecule is N#CCc1cnc(-c2cc(Cl)ccc2Cl)c(Cl)c1. The lowest BCUT2D eigenvalue weighted by Crippen LogP contribution is -1.90. The maximum Gasteiger partial charge on any atom is 0.0903 e. The summed E-state index contributed by atoms with van der Waals surface area (Å²) in [7, 11) is 0. The quantitative estimate of drug-likeness (QED) is 0.800. The zero-order chi connectivity index (χ0) is 13.1. The van der Waals surface area contributed by atoms with Gasteiger partial charge >= 0.3 is 0 Å². The Morgan fingerprint density at radius 2 is 1.89 bits per heavy atom. The minimum Gasteiger partial charge on any atom is -0.254 e. The van der Waals surface area contributed by atoms with E-state index in [4.69, 9.17) is 40.1 Å². The van der Waals surface area contributed by atoms with Crippen LogP contribution < -0.4 is 0 Å². The summed E-state index contributed by atoms with van der Waals surface area (Å²) >= 11 is 18.2. The number of benzene rings is 1. The van der Waals surface area contributed by atoms with Crippen LogP contribution >= 0.6 is 34.8 Å². The molecule has 1 aromatic carbocycles. The molecule has 0 bridgehead atoms. The highest BCUT2D eigenvalue weighted by molar-refractivity contribution is 6.37. The Labute approximate surface area is 120 Å². The zero-order valence-electron chi connectivity index (χ0n) is 9.12. The largest absolute Gasteiger partial charge is 0.254 e. The number of rotatable bonds is 2. The third kappa shape index (κ3) is 2.76. The van der Waals surface area contributed by atoms with Gasteiger partial charge in [-0.05, 0) is 29.8 Å². The molecular formula is C13H7Cl3N2. The molecule has 0 fully saturated rings. The highest BCUT2D eigenvalue weighted by Crippen LogP contribution is 2.33. The maximum atomic E-state index is 8.62. The second-order valence-corrected chi connectivity index (χ2v) is 4.88. The van der Waals surface area contributed by atoms with Crippen LogP contribution in [0, 0.1) is 11.3 Å². The first kappa shape index (κ1) is 13.2. The molecule has 5 heteroatoms. The van der Waals surface area contributed by atoms with E-state index in [0.717, 1.165) is 5.56 Å². The standard InChI is InChI=1S/C13H7Cl3N2/c14-9-1-2-11(15)10(6-9)13-12(16)5-8(3-4-17)7-18-13/h1-2,5-7H,3H2. The van der Waals surface area contributed by atoms with Crippen LogP contribution in [-0.2, 0) is 6.42 Å². The van der Waals surface area contributed by atoms with E-state index >= 15 is 0 Å². The van der Waals surface area contributed by atoms with E-state index in [0.29, 0.717) is 26.3 Å². The molecule has 18 heavy (non-hydrogen) atoms. The molecule has 1 heterocycles. The molecule has 0 saturated carbocycles. The van der Waals surface area contributed by atoms with Gasteiger partial charge < -0.3 is 0 Å². The third-order valence-corrected chi connectivity index (χ3v) is 3.22. The van der Waals surface area contributed by atoms with E-state index in [1.165, 1.54) is 0 Å². The van der Waals surface area contributed by atoms with Crippen LogP contribution in [0.4, 0.5) is 0 Å². The van der Waals surface area contributed by atoms with E-state index in [1.807, 2.05) is 6.07 Å². The van der Waals surface area contributed by atoms with Crippen LogP contribution in [0.15, 0.2) is 30.5 Å². The van der Waals surface area contributed by atoms with E-state index in [2.05, 4.69) is 4.98 Å². The van der Waals surface area contributed by atoms with Gasteiger partial charge in [0.1, 0.15) is 0 Å². The lowest BCUT2D eigenvalue weighted by atomic mass is 10.1. The number of pyridine rings is 1. The van der Waals surface area contributed by atoms with Gasteiger partial charge in [0.2, 0.25) is 0 Å². The molecule has 2 aromatic rings. The average Bonchev–Trinajstić information content (AvgIpc) is 2.33. The minimum absolute atomic E-state index is 0.274. The molecule has 0 amide bonds. The van der Waals surface area contributed by atoms with E-state index in [1.54, 1.807) is 30.5 Å². The first-order chi connectivity index (χ1) is 8.61. The van der Waals surface area contributed by atoms with Crippen LogP contribution in [0.3, 0.4) is 0 Å². The maximum absolute atomic E-state index is 8.62. The Hall–Kier alpha value is -1.27. The molecule has 0 unspecified atom stereocenters. The predicted octanol–water partition coefficient (Wildman–Crippen LogP) is 4.77. The predicted molar refractivity (Wildman–Crippen MR) is 74.0 cm³/mol. The summed E-state index contributed by atoms with van der Waals surface area (Å²) in [5, 5.41) is 10.2. The Kier molecular flexibility index (Phi) is 4.08. The molecule has 0 radical (unpaired) electrons. The number of hydrogen-bond acceptors (Lipinski definition) is 2.